The molecule has 1 aromatic carbocycles. The van der Waals surface area contributed by atoms with E-state index < -0.39 is 17.9 Å². The third-order valence-electron chi connectivity index (χ3n) is 2.60. The molecule has 2 aromatic rings. The van der Waals surface area contributed by atoms with Crippen molar-refractivity contribution in [1.82, 2.24) is 0 Å². The molecular formula is C13H11FO5. The van der Waals surface area contributed by atoms with Crippen LogP contribution in [-0.2, 0) is 0 Å². The first-order chi connectivity index (χ1) is 9.02. The number of furan rings is 1. The number of aromatic carboxylic acids is 1. The number of rotatable bonds is 4. The van der Waals surface area contributed by atoms with Gasteiger partial charge in [0.15, 0.2) is 11.6 Å². The zero-order chi connectivity index (χ0) is 14.0. The fourth-order valence-electron chi connectivity index (χ4n) is 1.63. The number of methoxy groups -OCH3 is 1. The molecule has 100 valence electrons. The van der Waals surface area contributed by atoms with Crippen molar-refractivity contribution in [3.8, 4) is 5.75 Å². The van der Waals surface area contributed by atoms with Gasteiger partial charge in [-0.05, 0) is 29.8 Å². The van der Waals surface area contributed by atoms with Gasteiger partial charge in [-0.2, -0.15) is 0 Å². The van der Waals surface area contributed by atoms with Crippen molar-refractivity contribution in [2.75, 3.05) is 7.11 Å². The zero-order valence-electron chi connectivity index (χ0n) is 9.96. The van der Waals surface area contributed by atoms with Gasteiger partial charge in [0.2, 0.25) is 5.76 Å². The molecular weight excluding hydrogens is 255 g/mol. The summed E-state index contributed by atoms with van der Waals surface area (Å²) in [7, 11) is 1.33. The summed E-state index contributed by atoms with van der Waals surface area (Å²) in [5, 5.41) is 18.7. The molecule has 0 spiro atoms. The van der Waals surface area contributed by atoms with E-state index in [9.17, 15) is 14.3 Å². The number of aliphatic hydroxyl groups excluding tert-OH is 1. The zero-order valence-corrected chi connectivity index (χ0v) is 9.96. The number of halogens is 1. The van der Waals surface area contributed by atoms with E-state index in [0.717, 1.165) is 6.07 Å². The highest BCUT2D eigenvalue weighted by molar-refractivity contribution is 5.84. The molecule has 0 amide bonds. The van der Waals surface area contributed by atoms with Crippen LogP contribution in [-0.4, -0.2) is 23.3 Å². The molecule has 5 nitrogen and oxygen atoms in total. The van der Waals surface area contributed by atoms with Gasteiger partial charge in [0.25, 0.3) is 0 Å². The number of hydrogen-bond donors (Lipinski definition) is 2. The van der Waals surface area contributed by atoms with Crippen LogP contribution >= 0.6 is 0 Å². The van der Waals surface area contributed by atoms with E-state index in [1.54, 1.807) is 0 Å². The van der Waals surface area contributed by atoms with Gasteiger partial charge in [0, 0.05) is 0 Å². The lowest BCUT2D eigenvalue weighted by Crippen LogP contribution is -2.00. The molecule has 2 rings (SSSR count). The maximum absolute atomic E-state index is 13.5. The minimum Gasteiger partial charge on any atom is -0.494 e. The molecule has 0 aliphatic heterocycles. The number of carboxylic acid groups (broad SMARTS) is 1. The summed E-state index contributed by atoms with van der Waals surface area (Å²) in [6.45, 7) is 0. The molecule has 0 bridgehead atoms. The van der Waals surface area contributed by atoms with Crippen molar-refractivity contribution in [1.29, 1.82) is 0 Å². The van der Waals surface area contributed by atoms with E-state index in [2.05, 4.69) is 0 Å². The third-order valence-corrected chi connectivity index (χ3v) is 2.60. The Labute approximate surface area is 107 Å². The van der Waals surface area contributed by atoms with Gasteiger partial charge in [0.1, 0.15) is 11.9 Å². The summed E-state index contributed by atoms with van der Waals surface area (Å²) in [5.41, 5.74) is 0.240. The highest BCUT2D eigenvalue weighted by Gasteiger charge is 2.18. The molecule has 1 aromatic heterocycles. The summed E-state index contributed by atoms with van der Waals surface area (Å²) in [4.78, 5) is 10.7. The Kier molecular flexibility index (Phi) is 3.52. The van der Waals surface area contributed by atoms with Crippen LogP contribution in [0.3, 0.4) is 0 Å². The van der Waals surface area contributed by atoms with Crippen LogP contribution in [0.25, 0.3) is 0 Å². The van der Waals surface area contributed by atoms with Crippen molar-refractivity contribution in [3.05, 3.63) is 53.2 Å². The average Bonchev–Trinajstić information content (AvgIpc) is 2.87. The van der Waals surface area contributed by atoms with E-state index in [-0.39, 0.29) is 22.8 Å². The molecule has 0 aliphatic rings. The minimum absolute atomic E-state index is 0.0296. The Bertz CT molecular complexity index is 605. The molecule has 6 heteroatoms. The predicted octanol–water partition coefficient (Wildman–Crippen LogP) is 2.21. The number of carboxylic acids is 1. The Morgan fingerprint density at radius 2 is 2.11 bits per heavy atom. The number of carbonyl (C=O) groups is 1. The lowest BCUT2D eigenvalue weighted by atomic mass is 10.1. The van der Waals surface area contributed by atoms with Gasteiger partial charge in [0.05, 0.1) is 7.11 Å². The SMILES string of the molecule is COc1ccc(C(O)c2ccc(C(=O)O)o2)cc1F. The largest absolute Gasteiger partial charge is 0.494 e. The predicted molar refractivity (Wildman–Crippen MR) is 62.7 cm³/mol. The molecule has 0 fully saturated rings. The average molecular weight is 266 g/mol. The van der Waals surface area contributed by atoms with Crippen molar-refractivity contribution in [2.24, 2.45) is 0 Å². The summed E-state index contributed by atoms with van der Waals surface area (Å²) in [6.07, 6.45) is -1.24. The Morgan fingerprint density at radius 3 is 2.63 bits per heavy atom. The van der Waals surface area contributed by atoms with E-state index in [1.165, 1.54) is 31.4 Å². The molecule has 2 N–H and O–H groups in total. The molecule has 0 aliphatic carbocycles. The second kappa shape index (κ2) is 5.11. The summed E-state index contributed by atoms with van der Waals surface area (Å²) < 4.78 is 23.2. The summed E-state index contributed by atoms with van der Waals surface area (Å²) >= 11 is 0. The fraction of sp³-hybridized carbons (Fsp3) is 0.154. The quantitative estimate of drug-likeness (QED) is 0.886. The Morgan fingerprint density at radius 1 is 1.37 bits per heavy atom. The fourth-order valence-corrected chi connectivity index (χ4v) is 1.63. The maximum atomic E-state index is 13.5. The first-order valence-electron chi connectivity index (χ1n) is 5.37. The van der Waals surface area contributed by atoms with Crippen LogP contribution in [0.1, 0.15) is 28.0 Å². The van der Waals surface area contributed by atoms with Crippen LogP contribution < -0.4 is 4.74 Å². The minimum atomic E-state index is -1.24. The van der Waals surface area contributed by atoms with E-state index in [1.807, 2.05) is 0 Å². The first-order valence-corrected chi connectivity index (χ1v) is 5.37. The lowest BCUT2D eigenvalue weighted by molar-refractivity contribution is 0.0655. The van der Waals surface area contributed by atoms with Gasteiger partial charge < -0.3 is 19.4 Å². The van der Waals surface area contributed by atoms with E-state index >= 15 is 0 Å². The topological polar surface area (TPSA) is 79.9 Å². The standard InChI is InChI=1S/C13H11FO5/c1-18-9-3-2-7(6-8(9)14)12(15)10-4-5-11(19-10)13(16)17/h2-6,12,15H,1H3,(H,16,17). The van der Waals surface area contributed by atoms with Crippen molar-refractivity contribution in [2.45, 2.75) is 6.10 Å². The van der Waals surface area contributed by atoms with Crippen LogP contribution in [0.4, 0.5) is 4.39 Å². The normalized spacial score (nSPS) is 12.2. The highest BCUT2D eigenvalue weighted by Crippen LogP contribution is 2.27. The van der Waals surface area contributed by atoms with Crippen LogP contribution in [0.5, 0.6) is 5.75 Å². The van der Waals surface area contributed by atoms with Crippen LogP contribution in [0, 0.1) is 5.82 Å². The number of hydrogen-bond acceptors (Lipinski definition) is 4. The second-order valence-corrected chi connectivity index (χ2v) is 3.80. The van der Waals surface area contributed by atoms with Gasteiger partial charge in [-0.3, -0.25) is 0 Å². The van der Waals surface area contributed by atoms with E-state index in [4.69, 9.17) is 14.3 Å². The molecule has 0 saturated heterocycles. The Hall–Kier alpha value is -2.34. The van der Waals surface area contributed by atoms with Gasteiger partial charge >= 0.3 is 5.97 Å². The molecule has 0 saturated carbocycles. The van der Waals surface area contributed by atoms with Crippen molar-refractivity contribution >= 4 is 5.97 Å². The van der Waals surface area contributed by atoms with Crippen molar-refractivity contribution < 1.29 is 28.6 Å². The van der Waals surface area contributed by atoms with Crippen LogP contribution in [0.15, 0.2) is 34.7 Å². The third kappa shape index (κ3) is 2.58. The van der Waals surface area contributed by atoms with Gasteiger partial charge in [-0.1, -0.05) is 6.07 Å². The van der Waals surface area contributed by atoms with Gasteiger partial charge in [-0.15, -0.1) is 0 Å². The molecule has 1 unspecified atom stereocenters. The molecule has 19 heavy (non-hydrogen) atoms. The van der Waals surface area contributed by atoms with E-state index in [0.29, 0.717) is 0 Å². The summed E-state index contributed by atoms with van der Waals surface area (Å²) in [5.74, 6) is -2.06. The van der Waals surface area contributed by atoms with Crippen molar-refractivity contribution in [3.63, 3.8) is 0 Å². The number of benzene rings is 1. The number of aliphatic hydroxyl groups is 1. The smallest absolute Gasteiger partial charge is 0.371 e. The molecule has 1 heterocycles. The second-order valence-electron chi connectivity index (χ2n) is 3.80. The van der Waals surface area contributed by atoms with Gasteiger partial charge in [-0.25, -0.2) is 9.18 Å². The highest BCUT2D eigenvalue weighted by atomic mass is 19.1. The first kappa shape index (κ1) is 13.1. The number of ether oxygens (including phenoxy) is 1. The monoisotopic (exact) mass is 266 g/mol. The maximum Gasteiger partial charge on any atom is 0.371 e. The lowest BCUT2D eigenvalue weighted by Gasteiger charge is -2.09. The van der Waals surface area contributed by atoms with Crippen LogP contribution in [0.2, 0.25) is 0 Å². The summed E-state index contributed by atoms with van der Waals surface area (Å²) in [6, 6.07) is 6.49. The molecule has 1 atom stereocenters. The molecule has 0 radical (unpaired) electrons. The Balaban J connectivity index is 2.30.